The Morgan fingerprint density at radius 2 is 1.79 bits per heavy atom. The molecule has 8 heteroatoms. The summed E-state index contributed by atoms with van der Waals surface area (Å²) < 4.78 is 3.38. The number of rotatable bonds is 2. The van der Waals surface area contributed by atoms with Crippen molar-refractivity contribution in [2.75, 3.05) is 38.1 Å². The van der Waals surface area contributed by atoms with Gasteiger partial charge in [-0.25, -0.2) is 9.97 Å². The molecule has 0 spiro atoms. The second kappa shape index (κ2) is 6.66. The first-order valence-electron chi connectivity index (χ1n) is 9.75. The van der Waals surface area contributed by atoms with Crippen molar-refractivity contribution in [2.45, 2.75) is 6.92 Å². The van der Waals surface area contributed by atoms with Crippen LogP contribution in [0.25, 0.3) is 27.8 Å². The fraction of sp³-hybridized carbons (Fsp3) is 0.333. The van der Waals surface area contributed by atoms with Crippen molar-refractivity contribution in [3.63, 3.8) is 0 Å². The van der Waals surface area contributed by atoms with E-state index in [0.717, 1.165) is 54.0 Å². The summed E-state index contributed by atoms with van der Waals surface area (Å²) >= 11 is 0. The van der Waals surface area contributed by atoms with Crippen molar-refractivity contribution < 1.29 is 0 Å². The van der Waals surface area contributed by atoms with Crippen molar-refractivity contribution >= 4 is 22.4 Å². The Labute approximate surface area is 168 Å². The second-order valence-electron chi connectivity index (χ2n) is 7.78. The number of fused-ring (bicyclic) bond motifs is 2. The zero-order valence-corrected chi connectivity index (χ0v) is 16.8. The number of benzene rings is 1. The first kappa shape index (κ1) is 17.8. The van der Waals surface area contributed by atoms with E-state index in [2.05, 4.69) is 26.9 Å². The van der Waals surface area contributed by atoms with Gasteiger partial charge in [-0.1, -0.05) is 0 Å². The Balaban J connectivity index is 1.57. The smallest absolute Gasteiger partial charge is 0.258 e. The van der Waals surface area contributed by atoms with E-state index in [1.54, 1.807) is 27.5 Å². The Bertz CT molecular complexity index is 1280. The molecule has 4 heterocycles. The number of nitrogens with zero attached hydrogens (tertiary/aromatic N) is 7. The van der Waals surface area contributed by atoms with E-state index in [4.69, 9.17) is 4.98 Å². The molecule has 1 saturated heterocycles. The van der Waals surface area contributed by atoms with E-state index in [1.165, 1.54) is 0 Å². The third-order valence-electron chi connectivity index (χ3n) is 5.57. The van der Waals surface area contributed by atoms with Gasteiger partial charge in [0.2, 0.25) is 0 Å². The Kier molecular flexibility index (Phi) is 4.09. The molecule has 1 aliphatic heterocycles. The lowest BCUT2D eigenvalue weighted by Gasteiger charge is -2.33. The third kappa shape index (κ3) is 3.15. The highest BCUT2D eigenvalue weighted by Gasteiger charge is 2.16. The van der Waals surface area contributed by atoms with Crippen LogP contribution in [0.4, 0.5) is 5.82 Å². The van der Waals surface area contributed by atoms with Gasteiger partial charge in [0.25, 0.3) is 5.56 Å². The van der Waals surface area contributed by atoms with Crippen LogP contribution in [0, 0.1) is 6.92 Å². The molecule has 0 unspecified atom stereocenters. The fourth-order valence-electron chi connectivity index (χ4n) is 3.93. The van der Waals surface area contributed by atoms with Crippen LogP contribution in [-0.2, 0) is 7.05 Å². The van der Waals surface area contributed by atoms with Crippen LogP contribution in [0.5, 0.6) is 0 Å². The van der Waals surface area contributed by atoms with Gasteiger partial charge in [-0.05, 0) is 31.7 Å². The van der Waals surface area contributed by atoms with E-state index in [1.807, 2.05) is 32.3 Å². The summed E-state index contributed by atoms with van der Waals surface area (Å²) in [6, 6.07) is 5.65. The predicted octanol–water partition coefficient (Wildman–Crippen LogP) is 1.70. The maximum Gasteiger partial charge on any atom is 0.258 e. The van der Waals surface area contributed by atoms with Crippen molar-refractivity contribution in [1.29, 1.82) is 0 Å². The first-order valence-corrected chi connectivity index (χ1v) is 9.75. The van der Waals surface area contributed by atoms with Gasteiger partial charge in [0.05, 0.1) is 23.6 Å². The number of hydrogen-bond donors (Lipinski definition) is 0. The molecule has 8 nitrogen and oxygen atoms in total. The van der Waals surface area contributed by atoms with E-state index >= 15 is 0 Å². The van der Waals surface area contributed by atoms with Gasteiger partial charge in [0.15, 0.2) is 5.65 Å². The monoisotopic (exact) mass is 389 g/mol. The lowest BCUT2D eigenvalue weighted by Crippen LogP contribution is -2.45. The average Bonchev–Trinajstić information content (AvgIpc) is 3.09. The number of aryl methyl sites for hydroxylation is 2. The molecule has 1 fully saturated rings. The Morgan fingerprint density at radius 3 is 2.59 bits per heavy atom. The molecule has 1 aliphatic rings. The Morgan fingerprint density at radius 1 is 1.00 bits per heavy atom. The van der Waals surface area contributed by atoms with Crippen molar-refractivity contribution in [1.82, 2.24) is 29.0 Å². The van der Waals surface area contributed by atoms with E-state index in [9.17, 15) is 4.79 Å². The van der Waals surface area contributed by atoms with Crippen LogP contribution in [0.15, 0.2) is 41.6 Å². The molecule has 5 rings (SSSR count). The number of likely N-dealkylation sites (N-methyl/N-ethyl adjacent to an activating group) is 1. The summed E-state index contributed by atoms with van der Waals surface area (Å²) in [5.74, 6) is 0.815. The zero-order chi connectivity index (χ0) is 20.1. The molecule has 0 N–H and O–H groups in total. The minimum absolute atomic E-state index is 0.105. The number of aromatic nitrogens is 5. The third-order valence-corrected chi connectivity index (χ3v) is 5.57. The highest BCUT2D eigenvalue weighted by Crippen LogP contribution is 2.25. The topological polar surface area (TPSA) is 71.6 Å². The SMILES string of the molecule is Cc1cc(-c2cc(=O)n3cc(N4CCN(C)CC4)ncc3n2)cc2cn(C)nc12. The largest absolute Gasteiger partial charge is 0.353 e. The summed E-state index contributed by atoms with van der Waals surface area (Å²) in [5.41, 5.74) is 4.03. The van der Waals surface area contributed by atoms with Crippen molar-refractivity contribution in [3.05, 3.63) is 52.7 Å². The first-order chi connectivity index (χ1) is 14.0. The molecule has 148 valence electrons. The van der Waals surface area contributed by atoms with Crippen molar-refractivity contribution in [2.24, 2.45) is 7.05 Å². The Hall–Kier alpha value is -3.26. The standard InChI is InChI=1S/C21H23N7O/c1-14-8-15(9-16-12-26(3)24-21(14)16)17-10-20(29)28-13-19(22-11-18(28)23-17)27-6-4-25(2)5-7-27/h8-13H,4-7H2,1-3H3. The molecule has 1 aromatic carbocycles. The molecule has 0 aliphatic carbocycles. The quantitative estimate of drug-likeness (QED) is 0.520. The summed E-state index contributed by atoms with van der Waals surface area (Å²) in [5, 5.41) is 5.52. The van der Waals surface area contributed by atoms with E-state index < -0.39 is 0 Å². The van der Waals surface area contributed by atoms with Gasteiger partial charge < -0.3 is 9.80 Å². The summed E-state index contributed by atoms with van der Waals surface area (Å²) in [6.07, 6.45) is 5.47. The predicted molar refractivity (Wildman–Crippen MR) is 113 cm³/mol. The van der Waals surface area contributed by atoms with Crippen LogP contribution in [0.3, 0.4) is 0 Å². The van der Waals surface area contributed by atoms with Gasteiger partial charge in [0.1, 0.15) is 5.82 Å². The van der Waals surface area contributed by atoms with Gasteiger partial charge in [0, 0.05) is 56.4 Å². The normalized spacial score (nSPS) is 15.5. The van der Waals surface area contributed by atoms with Crippen LogP contribution >= 0.6 is 0 Å². The van der Waals surface area contributed by atoms with E-state index in [-0.39, 0.29) is 5.56 Å². The molecule has 4 aromatic rings. The van der Waals surface area contributed by atoms with Crippen LogP contribution < -0.4 is 10.5 Å². The average molecular weight is 389 g/mol. The van der Waals surface area contributed by atoms with Crippen LogP contribution in [0.1, 0.15) is 5.56 Å². The van der Waals surface area contributed by atoms with Gasteiger partial charge in [-0.3, -0.25) is 13.9 Å². The number of anilines is 1. The minimum Gasteiger partial charge on any atom is -0.353 e. The summed E-state index contributed by atoms with van der Waals surface area (Å²) in [6.45, 7) is 5.81. The molecule has 29 heavy (non-hydrogen) atoms. The lowest BCUT2D eigenvalue weighted by atomic mass is 10.1. The molecule has 0 amide bonds. The highest BCUT2D eigenvalue weighted by molar-refractivity contribution is 5.86. The molecular weight excluding hydrogens is 366 g/mol. The molecule has 0 saturated carbocycles. The van der Waals surface area contributed by atoms with Crippen molar-refractivity contribution in [3.8, 4) is 11.3 Å². The molecule has 0 radical (unpaired) electrons. The molecule has 0 atom stereocenters. The fourth-order valence-corrected chi connectivity index (χ4v) is 3.93. The maximum atomic E-state index is 12.9. The lowest BCUT2D eigenvalue weighted by molar-refractivity contribution is 0.312. The maximum absolute atomic E-state index is 12.9. The minimum atomic E-state index is -0.105. The van der Waals surface area contributed by atoms with Gasteiger partial charge in [-0.2, -0.15) is 5.10 Å². The van der Waals surface area contributed by atoms with Crippen LogP contribution in [0.2, 0.25) is 0 Å². The second-order valence-corrected chi connectivity index (χ2v) is 7.78. The van der Waals surface area contributed by atoms with E-state index in [0.29, 0.717) is 11.3 Å². The number of piperazine rings is 1. The van der Waals surface area contributed by atoms with Gasteiger partial charge in [-0.15, -0.1) is 0 Å². The van der Waals surface area contributed by atoms with Gasteiger partial charge >= 0.3 is 0 Å². The molecule has 0 bridgehead atoms. The highest BCUT2D eigenvalue weighted by atomic mass is 16.1. The molecule has 3 aromatic heterocycles. The summed E-state index contributed by atoms with van der Waals surface area (Å²) in [4.78, 5) is 26.6. The summed E-state index contributed by atoms with van der Waals surface area (Å²) in [7, 11) is 4.02. The molecular formula is C21H23N7O. The zero-order valence-electron chi connectivity index (χ0n) is 16.8. The number of hydrogen-bond acceptors (Lipinski definition) is 6. The van der Waals surface area contributed by atoms with Crippen LogP contribution in [-0.4, -0.2) is 62.3 Å².